The highest BCUT2D eigenvalue weighted by Crippen LogP contribution is 2.22. The molecule has 100 valence electrons. The van der Waals surface area contributed by atoms with Gasteiger partial charge in [0.05, 0.1) is 11.6 Å². The number of carbonyl (C=O) groups is 1. The monoisotopic (exact) mass is 257 g/mol. The molecule has 1 N–H and O–H groups in total. The van der Waals surface area contributed by atoms with Crippen molar-refractivity contribution in [1.29, 1.82) is 0 Å². The lowest BCUT2D eigenvalue weighted by atomic mass is 10.1. The van der Waals surface area contributed by atoms with Crippen LogP contribution in [0.3, 0.4) is 0 Å². The molecule has 0 saturated heterocycles. The third-order valence-corrected chi connectivity index (χ3v) is 2.66. The van der Waals surface area contributed by atoms with Gasteiger partial charge in [-0.1, -0.05) is 13.8 Å². The summed E-state index contributed by atoms with van der Waals surface area (Å²) in [5, 5.41) is 8.88. The largest absolute Gasteiger partial charge is 0.481 e. The Morgan fingerprint density at radius 2 is 2.11 bits per heavy atom. The molecule has 1 rings (SSSR count). The van der Waals surface area contributed by atoms with E-state index in [0.29, 0.717) is 6.54 Å². The van der Waals surface area contributed by atoms with Crippen molar-refractivity contribution in [1.82, 2.24) is 0 Å². The van der Waals surface area contributed by atoms with Crippen LogP contribution in [0.1, 0.15) is 20.3 Å². The number of rotatable bonds is 6. The summed E-state index contributed by atoms with van der Waals surface area (Å²) < 4.78 is 26.8. The first-order chi connectivity index (χ1) is 8.45. The van der Waals surface area contributed by atoms with E-state index in [0.717, 1.165) is 24.6 Å². The second kappa shape index (κ2) is 6.33. The predicted octanol–water partition coefficient (Wildman–Crippen LogP) is 2.90. The molecule has 0 amide bonds. The van der Waals surface area contributed by atoms with Crippen molar-refractivity contribution in [2.24, 2.45) is 5.92 Å². The molecule has 0 radical (unpaired) electrons. The zero-order chi connectivity index (χ0) is 13.7. The first-order valence-corrected chi connectivity index (χ1v) is 5.88. The maximum atomic E-state index is 13.6. The van der Waals surface area contributed by atoms with Crippen molar-refractivity contribution >= 4 is 11.7 Å². The Balaban J connectivity index is 2.96. The average Bonchev–Trinajstić information content (AvgIpc) is 2.31. The van der Waals surface area contributed by atoms with Crippen molar-refractivity contribution < 1.29 is 18.7 Å². The summed E-state index contributed by atoms with van der Waals surface area (Å²) >= 11 is 0. The molecule has 1 unspecified atom stereocenters. The summed E-state index contributed by atoms with van der Waals surface area (Å²) in [7, 11) is 0. The molecule has 5 heteroatoms. The van der Waals surface area contributed by atoms with Crippen molar-refractivity contribution in [2.45, 2.75) is 20.3 Å². The van der Waals surface area contributed by atoms with Crippen LogP contribution in [0.25, 0.3) is 0 Å². The second-order valence-corrected chi connectivity index (χ2v) is 4.28. The third-order valence-electron chi connectivity index (χ3n) is 2.66. The van der Waals surface area contributed by atoms with E-state index in [9.17, 15) is 13.6 Å². The summed E-state index contributed by atoms with van der Waals surface area (Å²) in [5.74, 6) is -2.66. The average molecular weight is 257 g/mol. The van der Waals surface area contributed by atoms with Gasteiger partial charge in [0.2, 0.25) is 0 Å². The molecule has 0 heterocycles. The minimum Gasteiger partial charge on any atom is -0.481 e. The predicted molar refractivity (Wildman–Crippen MR) is 65.7 cm³/mol. The van der Waals surface area contributed by atoms with Gasteiger partial charge in [-0.15, -0.1) is 0 Å². The van der Waals surface area contributed by atoms with Crippen LogP contribution in [-0.2, 0) is 4.79 Å². The fraction of sp³-hybridized carbons (Fsp3) is 0.462. The standard InChI is InChI=1S/C13H17F2NO2/c1-3-6-16(8-9(2)13(17)18)12-7-10(14)4-5-11(12)15/h4-5,7,9H,3,6,8H2,1-2H3,(H,17,18). The first kappa shape index (κ1) is 14.4. The van der Waals surface area contributed by atoms with Crippen LogP contribution < -0.4 is 4.90 Å². The molecule has 3 nitrogen and oxygen atoms in total. The maximum absolute atomic E-state index is 13.6. The van der Waals surface area contributed by atoms with Gasteiger partial charge in [0.25, 0.3) is 0 Å². The van der Waals surface area contributed by atoms with Gasteiger partial charge < -0.3 is 10.0 Å². The number of aliphatic carboxylic acids is 1. The maximum Gasteiger partial charge on any atom is 0.308 e. The summed E-state index contributed by atoms with van der Waals surface area (Å²) in [6.07, 6.45) is 0.724. The minimum atomic E-state index is -0.951. The van der Waals surface area contributed by atoms with Crippen molar-refractivity contribution in [3.63, 3.8) is 0 Å². The van der Waals surface area contributed by atoms with E-state index in [1.807, 2.05) is 6.92 Å². The molecule has 1 atom stereocenters. The van der Waals surface area contributed by atoms with Gasteiger partial charge in [-0.3, -0.25) is 4.79 Å². The van der Waals surface area contributed by atoms with Crippen molar-refractivity contribution in [3.05, 3.63) is 29.8 Å². The number of carboxylic acid groups (broad SMARTS) is 1. The topological polar surface area (TPSA) is 40.5 Å². The normalized spacial score (nSPS) is 12.2. The molecule has 0 bridgehead atoms. The fourth-order valence-electron chi connectivity index (χ4n) is 1.72. The first-order valence-electron chi connectivity index (χ1n) is 5.88. The van der Waals surface area contributed by atoms with Gasteiger partial charge >= 0.3 is 5.97 Å². The highest BCUT2D eigenvalue weighted by molar-refractivity contribution is 5.70. The van der Waals surface area contributed by atoms with Crippen LogP contribution in [0.15, 0.2) is 18.2 Å². The minimum absolute atomic E-state index is 0.116. The Morgan fingerprint density at radius 1 is 1.44 bits per heavy atom. The molecular formula is C13H17F2NO2. The van der Waals surface area contributed by atoms with Crippen molar-refractivity contribution in [3.8, 4) is 0 Å². The van der Waals surface area contributed by atoms with Gasteiger partial charge in [-0.25, -0.2) is 8.78 Å². The van der Waals surface area contributed by atoms with Gasteiger partial charge in [0.15, 0.2) is 0 Å². The van der Waals surface area contributed by atoms with Crippen LogP contribution in [0.4, 0.5) is 14.5 Å². The van der Waals surface area contributed by atoms with Gasteiger partial charge in [0.1, 0.15) is 11.6 Å². The zero-order valence-corrected chi connectivity index (χ0v) is 10.5. The number of nitrogens with zero attached hydrogens (tertiary/aromatic N) is 1. The second-order valence-electron chi connectivity index (χ2n) is 4.28. The molecular weight excluding hydrogens is 240 g/mol. The van der Waals surface area contributed by atoms with Crippen LogP contribution >= 0.6 is 0 Å². The number of carboxylic acids is 1. The van der Waals surface area contributed by atoms with E-state index >= 15 is 0 Å². The fourth-order valence-corrected chi connectivity index (χ4v) is 1.72. The zero-order valence-electron chi connectivity index (χ0n) is 10.5. The number of hydrogen-bond donors (Lipinski definition) is 1. The van der Waals surface area contributed by atoms with E-state index in [2.05, 4.69) is 0 Å². The van der Waals surface area contributed by atoms with Gasteiger partial charge in [-0.2, -0.15) is 0 Å². The van der Waals surface area contributed by atoms with E-state index in [4.69, 9.17) is 5.11 Å². The van der Waals surface area contributed by atoms with E-state index < -0.39 is 23.5 Å². The summed E-state index contributed by atoms with van der Waals surface area (Å²) in [6, 6.07) is 3.20. The summed E-state index contributed by atoms with van der Waals surface area (Å²) in [4.78, 5) is 12.4. The van der Waals surface area contributed by atoms with Crippen LogP contribution in [0, 0.1) is 17.6 Å². The number of anilines is 1. The highest BCUT2D eigenvalue weighted by Gasteiger charge is 2.18. The lowest BCUT2D eigenvalue weighted by molar-refractivity contribution is -0.140. The quantitative estimate of drug-likeness (QED) is 0.851. The Hall–Kier alpha value is -1.65. The lowest BCUT2D eigenvalue weighted by Crippen LogP contribution is -2.33. The molecule has 0 saturated carbocycles. The Morgan fingerprint density at radius 3 is 2.67 bits per heavy atom. The lowest BCUT2D eigenvalue weighted by Gasteiger charge is -2.26. The van der Waals surface area contributed by atoms with Gasteiger partial charge in [0, 0.05) is 19.2 Å². The number of halogens is 2. The number of benzene rings is 1. The van der Waals surface area contributed by atoms with E-state index in [1.165, 1.54) is 0 Å². The Bertz CT molecular complexity index is 423. The Kier molecular flexibility index (Phi) is 5.07. The molecule has 0 aliphatic carbocycles. The number of hydrogen-bond acceptors (Lipinski definition) is 2. The van der Waals surface area contributed by atoms with Gasteiger partial charge in [-0.05, 0) is 18.6 Å². The molecule has 1 aromatic rings. The summed E-state index contributed by atoms with van der Waals surface area (Å²) in [5.41, 5.74) is 0.116. The van der Waals surface area contributed by atoms with Crippen LogP contribution in [-0.4, -0.2) is 24.2 Å². The van der Waals surface area contributed by atoms with Crippen LogP contribution in [0.2, 0.25) is 0 Å². The molecule has 1 aromatic carbocycles. The molecule has 0 aliphatic rings. The van der Waals surface area contributed by atoms with Crippen LogP contribution in [0.5, 0.6) is 0 Å². The molecule has 18 heavy (non-hydrogen) atoms. The molecule has 0 aliphatic heterocycles. The Labute approximate surface area is 105 Å². The molecule has 0 spiro atoms. The smallest absolute Gasteiger partial charge is 0.308 e. The summed E-state index contributed by atoms with van der Waals surface area (Å²) in [6.45, 7) is 4.08. The third kappa shape index (κ3) is 3.68. The molecule has 0 fully saturated rings. The SMILES string of the molecule is CCCN(CC(C)C(=O)O)c1cc(F)ccc1F. The van der Waals surface area contributed by atoms with E-state index in [1.54, 1.807) is 11.8 Å². The van der Waals surface area contributed by atoms with Crippen molar-refractivity contribution in [2.75, 3.05) is 18.0 Å². The highest BCUT2D eigenvalue weighted by atomic mass is 19.1. The molecule has 0 aromatic heterocycles. The van der Waals surface area contributed by atoms with E-state index in [-0.39, 0.29) is 12.2 Å².